The van der Waals surface area contributed by atoms with Gasteiger partial charge >= 0.3 is 29.6 Å². The van der Waals surface area contributed by atoms with Crippen molar-refractivity contribution in [1.82, 2.24) is 0 Å². The third-order valence-electron chi connectivity index (χ3n) is 2.01. The Balaban J connectivity index is 0.00000196. The zero-order valence-electron chi connectivity index (χ0n) is 7.90. The van der Waals surface area contributed by atoms with E-state index in [0.717, 1.165) is 11.1 Å². The molecule has 0 amide bonds. The summed E-state index contributed by atoms with van der Waals surface area (Å²) in [6.45, 7) is 5.53. The van der Waals surface area contributed by atoms with Crippen molar-refractivity contribution in [2.75, 3.05) is 0 Å². The summed E-state index contributed by atoms with van der Waals surface area (Å²) < 4.78 is 30.5. The van der Waals surface area contributed by atoms with Crippen molar-refractivity contribution in [3.05, 3.63) is 35.9 Å². The summed E-state index contributed by atoms with van der Waals surface area (Å²) in [5.41, 5.74) is 1.75. The molecular formula is C10H13NaO3S. The maximum atomic E-state index is 10.8. The molecule has 0 spiro atoms. The molecule has 0 aromatic heterocycles. The van der Waals surface area contributed by atoms with Gasteiger partial charge in [-0.15, -0.1) is 0 Å². The molecule has 15 heavy (non-hydrogen) atoms. The van der Waals surface area contributed by atoms with Gasteiger partial charge in [0.1, 0.15) is 0 Å². The summed E-state index contributed by atoms with van der Waals surface area (Å²) in [5, 5.41) is 0. The van der Waals surface area contributed by atoms with Crippen LogP contribution in [0.25, 0.3) is 6.08 Å². The molecule has 5 heteroatoms. The molecule has 0 aliphatic rings. The second-order valence-electron chi connectivity index (χ2n) is 2.89. The van der Waals surface area contributed by atoms with Gasteiger partial charge in [-0.05, 0) is 29.7 Å². The van der Waals surface area contributed by atoms with Crippen molar-refractivity contribution < 1.29 is 13.0 Å². The molecule has 0 heterocycles. The summed E-state index contributed by atoms with van der Waals surface area (Å²) in [7, 11) is -4.09. The molecule has 1 aromatic rings. The van der Waals surface area contributed by atoms with Crippen LogP contribution >= 0.6 is 0 Å². The molecule has 0 aliphatic carbocycles. The SMILES string of the molecule is C=Cc1ccc(S(=O)(=O)O)cc1CC.[NaH]. The Morgan fingerprint density at radius 2 is 2.07 bits per heavy atom. The van der Waals surface area contributed by atoms with E-state index < -0.39 is 10.1 Å². The first-order chi connectivity index (χ1) is 6.49. The van der Waals surface area contributed by atoms with Crippen LogP contribution in [0.3, 0.4) is 0 Å². The molecule has 0 aliphatic heterocycles. The van der Waals surface area contributed by atoms with E-state index in [4.69, 9.17) is 4.55 Å². The first-order valence-corrected chi connectivity index (χ1v) is 5.66. The van der Waals surface area contributed by atoms with Gasteiger partial charge < -0.3 is 0 Å². The maximum absolute atomic E-state index is 10.8. The topological polar surface area (TPSA) is 54.4 Å². The molecule has 0 fully saturated rings. The molecule has 0 saturated heterocycles. The number of hydrogen-bond donors (Lipinski definition) is 1. The average molecular weight is 236 g/mol. The van der Waals surface area contributed by atoms with Crippen LogP contribution in [0.2, 0.25) is 0 Å². The van der Waals surface area contributed by atoms with Gasteiger partial charge in [0.25, 0.3) is 10.1 Å². The first-order valence-electron chi connectivity index (χ1n) is 4.22. The van der Waals surface area contributed by atoms with E-state index in [0.29, 0.717) is 6.42 Å². The van der Waals surface area contributed by atoms with Gasteiger partial charge in [0, 0.05) is 0 Å². The van der Waals surface area contributed by atoms with Gasteiger partial charge in [0.2, 0.25) is 0 Å². The van der Waals surface area contributed by atoms with E-state index in [1.807, 2.05) is 6.92 Å². The van der Waals surface area contributed by atoms with E-state index in [2.05, 4.69) is 6.58 Å². The van der Waals surface area contributed by atoms with Crippen molar-refractivity contribution in [3.8, 4) is 0 Å². The number of rotatable bonds is 3. The molecule has 78 valence electrons. The summed E-state index contributed by atoms with van der Waals surface area (Å²) >= 11 is 0. The van der Waals surface area contributed by atoms with E-state index in [1.165, 1.54) is 12.1 Å². The Morgan fingerprint density at radius 1 is 1.47 bits per heavy atom. The summed E-state index contributed by atoms with van der Waals surface area (Å²) in [6, 6.07) is 4.47. The minimum atomic E-state index is -4.09. The molecule has 0 radical (unpaired) electrons. The predicted molar refractivity (Wildman–Crippen MR) is 62.9 cm³/mol. The predicted octanol–water partition coefficient (Wildman–Crippen LogP) is 1.49. The summed E-state index contributed by atoms with van der Waals surface area (Å²) in [4.78, 5) is -0.0695. The Kier molecular flexibility index (Phi) is 5.77. The van der Waals surface area contributed by atoms with Gasteiger partial charge in [0.05, 0.1) is 4.90 Å². The number of hydrogen-bond acceptors (Lipinski definition) is 2. The van der Waals surface area contributed by atoms with Gasteiger partial charge in [0.15, 0.2) is 0 Å². The molecule has 1 aromatic carbocycles. The van der Waals surface area contributed by atoms with Gasteiger partial charge in [-0.1, -0.05) is 25.6 Å². The molecule has 1 N–H and O–H groups in total. The van der Waals surface area contributed by atoms with Crippen molar-refractivity contribution in [1.29, 1.82) is 0 Å². The van der Waals surface area contributed by atoms with Crippen molar-refractivity contribution in [3.63, 3.8) is 0 Å². The van der Waals surface area contributed by atoms with E-state index >= 15 is 0 Å². The van der Waals surface area contributed by atoms with Crippen molar-refractivity contribution in [2.45, 2.75) is 18.2 Å². The average Bonchev–Trinajstić information content (AvgIpc) is 2.15. The third kappa shape index (κ3) is 3.74. The van der Waals surface area contributed by atoms with Crippen molar-refractivity contribution in [2.24, 2.45) is 0 Å². The molecule has 0 saturated carbocycles. The fraction of sp³-hybridized carbons (Fsp3) is 0.200. The van der Waals surface area contributed by atoms with Crippen LogP contribution in [0, 0.1) is 0 Å². The van der Waals surface area contributed by atoms with Crippen LogP contribution in [0.4, 0.5) is 0 Å². The third-order valence-corrected chi connectivity index (χ3v) is 2.86. The molecule has 0 unspecified atom stereocenters. The van der Waals surface area contributed by atoms with Gasteiger partial charge in [-0.25, -0.2) is 0 Å². The Labute approximate surface area is 112 Å². The van der Waals surface area contributed by atoms with Crippen LogP contribution in [0.1, 0.15) is 18.1 Å². The standard InChI is InChI=1S/C10H12O3S.Na.H/c1-3-8-5-6-10(14(11,12)13)7-9(8)4-2;;/h3,5-7H,1,4H2,2H3,(H,11,12,13);;. The number of aryl methyl sites for hydroxylation is 1. The van der Waals surface area contributed by atoms with Crippen LogP contribution in [-0.2, 0) is 16.5 Å². The molecule has 0 atom stereocenters. The van der Waals surface area contributed by atoms with Gasteiger partial charge in [-0.2, -0.15) is 8.42 Å². The fourth-order valence-electron chi connectivity index (χ4n) is 1.25. The van der Waals surface area contributed by atoms with Gasteiger partial charge in [-0.3, -0.25) is 4.55 Å². The molecule has 1 rings (SSSR count). The number of benzene rings is 1. The zero-order valence-corrected chi connectivity index (χ0v) is 8.71. The summed E-state index contributed by atoms with van der Waals surface area (Å²) in [6.07, 6.45) is 2.36. The monoisotopic (exact) mass is 236 g/mol. The van der Waals surface area contributed by atoms with Crippen LogP contribution in [0.5, 0.6) is 0 Å². The molecule has 3 nitrogen and oxygen atoms in total. The Morgan fingerprint density at radius 3 is 2.47 bits per heavy atom. The molecular weight excluding hydrogens is 223 g/mol. The zero-order chi connectivity index (χ0) is 10.8. The fourth-order valence-corrected chi connectivity index (χ4v) is 1.78. The minimum absolute atomic E-state index is 0. The van der Waals surface area contributed by atoms with Crippen LogP contribution in [-0.4, -0.2) is 42.5 Å². The van der Waals surface area contributed by atoms with Crippen LogP contribution in [0.15, 0.2) is 29.7 Å². The Bertz CT molecular complexity index is 452. The second kappa shape index (κ2) is 5.82. The van der Waals surface area contributed by atoms with Crippen molar-refractivity contribution >= 4 is 45.8 Å². The quantitative estimate of drug-likeness (QED) is 0.639. The van der Waals surface area contributed by atoms with E-state index in [-0.39, 0.29) is 34.5 Å². The second-order valence-corrected chi connectivity index (χ2v) is 4.31. The van der Waals surface area contributed by atoms with E-state index in [1.54, 1.807) is 12.1 Å². The normalized spacial score (nSPS) is 10.5. The van der Waals surface area contributed by atoms with Crippen LogP contribution < -0.4 is 0 Å². The summed E-state index contributed by atoms with van der Waals surface area (Å²) in [5.74, 6) is 0. The first kappa shape index (κ1) is 14.9. The molecule has 0 bridgehead atoms. The van der Waals surface area contributed by atoms with E-state index in [9.17, 15) is 8.42 Å². The Hall–Kier alpha value is -0.130.